The molecule has 0 fully saturated rings. The fourth-order valence-electron chi connectivity index (χ4n) is 6.56. The molecule has 0 unspecified atom stereocenters. The number of phenolic OH excluding ortho intramolecular Hbond substituents is 2. The fourth-order valence-corrected chi connectivity index (χ4v) is 6.56. The molecule has 2 atom stereocenters. The minimum Gasteiger partial charge on any atom is -0.507 e. The lowest BCUT2D eigenvalue weighted by Crippen LogP contribution is -2.48. The standard InChI is InChI=1S/C44H46N6O14/c51-31-15-16-32(52)38-37(31)39(57)35-27(45-19-21-47-41(59)29(13-17-33(53)54)49-43(61)63-23-25-7-3-1-4-8-25)11-12-28(36(35)40(38)58)46-20-22-48-42(60)30(14-18-34(55)56)50-44(62)64-24-26-9-5-2-6-10-26/h1-12,15-16,29-30,45-46,51-52H,13-14,17-24H2,(H,47,59)(H,48,60)(H,49,61)(H,50,62)(H,53,54)(H,55,56)/t29-,30-/m0/s1. The summed E-state index contributed by atoms with van der Waals surface area (Å²) in [7, 11) is 0. The van der Waals surface area contributed by atoms with Crippen LogP contribution in [0.2, 0.25) is 0 Å². The molecule has 0 radical (unpaired) electrons. The van der Waals surface area contributed by atoms with Crippen LogP contribution in [0.5, 0.6) is 11.5 Å². The Bertz CT molecular complexity index is 2210. The highest BCUT2D eigenvalue weighted by Gasteiger charge is 2.38. The highest BCUT2D eigenvalue weighted by atomic mass is 16.6. The highest BCUT2D eigenvalue weighted by Crippen LogP contribution is 2.42. The van der Waals surface area contributed by atoms with Gasteiger partial charge >= 0.3 is 24.1 Å². The molecule has 20 nitrogen and oxygen atoms in total. The molecule has 1 aliphatic rings. The van der Waals surface area contributed by atoms with Gasteiger partial charge in [0.25, 0.3) is 0 Å². The molecule has 10 N–H and O–H groups in total. The van der Waals surface area contributed by atoms with Crippen molar-refractivity contribution in [1.29, 1.82) is 0 Å². The Labute approximate surface area is 365 Å². The first kappa shape index (κ1) is 46.9. The maximum Gasteiger partial charge on any atom is 0.408 e. The first-order valence-corrected chi connectivity index (χ1v) is 20.0. The molecular formula is C44H46N6O14. The Morgan fingerprint density at radius 1 is 0.500 bits per heavy atom. The number of hydrogen-bond donors (Lipinski definition) is 10. The van der Waals surface area contributed by atoms with Crippen LogP contribution in [0, 0.1) is 0 Å². The predicted octanol–water partition coefficient (Wildman–Crippen LogP) is 3.25. The third kappa shape index (κ3) is 12.9. The van der Waals surface area contributed by atoms with E-state index in [2.05, 4.69) is 31.9 Å². The van der Waals surface area contributed by atoms with Crippen LogP contribution < -0.4 is 31.9 Å². The number of carboxylic acid groups (broad SMARTS) is 2. The van der Waals surface area contributed by atoms with Gasteiger partial charge in [0.15, 0.2) is 0 Å². The number of fused-ring (bicyclic) bond motifs is 2. The molecule has 4 amide bonds. The molecule has 4 aromatic rings. The van der Waals surface area contributed by atoms with Crippen LogP contribution in [0.4, 0.5) is 21.0 Å². The molecule has 0 spiro atoms. The smallest absolute Gasteiger partial charge is 0.408 e. The number of amides is 4. The number of anilines is 2. The number of carbonyl (C=O) groups excluding carboxylic acids is 6. The van der Waals surface area contributed by atoms with E-state index in [1.165, 1.54) is 12.1 Å². The van der Waals surface area contributed by atoms with E-state index in [0.717, 1.165) is 12.1 Å². The van der Waals surface area contributed by atoms with Gasteiger partial charge in [-0.15, -0.1) is 0 Å². The van der Waals surface area contributed by atoms with E-state index in [1.54, 1.807) is 60.7 Å². The second-order valence-corrected chi connectivity index (χ2v) is 14.2. The van der Waals surface area contributed by atoms with Crippen LogP contribution in [0.1, 0.15) is 68.7 Å². The summed E-state index contributed by atoms with van der Waals surface area (Å²) in [6.45, 7) is -0.528. The lowest BCUT2D eigenvalue weighted by Gasteiger charge is -2.25. The SMILES string of the molecule is O=C(O)CC[C@H](NC(=O)OCc1ccccc1)C(=O)NCCNc1ccc(NCCNC(=O)[C@H](CCC(=O)O)NC(=O)OCc2ccccc2)c2c1C(=O)c1c(O)ccc(O)c1C2=O. The van der Waals surface area contributed by atoms with Crippen LogP contribution in [0.15, 0.2) is 84.9 Å². The normalized spacial score (nSPS) is 12.3. The van der Waals surface area contributed by atoms with Crippen molar-refractivity contribution in [3.63, 3.8) is 0 Å². The summed E-state index contributed by atoms with van der Waals surface area (Å²) in [5.74, 6) is -6.60. The van der Waals surface area contributed by atoms with E-state index in [4.69, 9.17) is 9.47 Å². The number of nitrogens with one attached hydrogen (secondary N) is 6. The summed E-state index contributed by atoms with van der Waals surface area (Å²) in [5, 5.41) is 55.6. The number of ether oxygens (including phenoxy) is 2. The first-order chi connectivity index (χ1) is 30.7. The zero-order chi connectivity index (χ0) is 46.2. The number of ketones is 2. The molecule has 20 heteroatoms. The zero-order valence-electron chi connectivity index (χ0n) is 34.2. The Hall–Kier alpha value is -8.16. The lowest BCUT2D eigenvalue weighted by atomic mass is 9.81. The minimum absolute atomic E-state index is 0.0572. The van der Waals surface area contributed by atoms with E-state index in [9.17, 15) is 58.8 Å². The zero-order valence-corrected chi connectivity index (χ0v) is 34.2. The maximum absolute atomic E-state index is 14.0. The quantitative estimate of drug-likeness (QED) is 0.0352. The molecule has 64 heavy (non-hydrogen) atoms. The monoisotopic (exact) mass is 882 g/mol. The molecule has 0 bridgehead atoms. The lowest BCUT2D eigenvalue weighted by molar-refractivity contribution is -0.138. The van der Waals surface area contributed by atoms with Gasteiger partial charge < -0.3 is 61.8 Å². The molecule has 4 aromatic carbocycles. The minimum atomic E-state index is -1.28. The second kappa shape index (κ2) is 22.6. The van der Waals surface area contributed by atoms with Gasteiger partial charge in [-0.05, 0) is 48.2 Å². The van der Waals surface area contributed by atoms with Crippen LogP contribution in [0.25, 0.3) is 0 Å². The number of phenols is 2. The topological polar surface area (TPSA) is 308 Å². The van der Waals surface area contributed by atoms with E-state index in [1.807, 2.05) is 0 Å². The molecule has 5 rings (SSSR count). The number of aromatic hydroxyl groups is 2. The van der Waals surface area contributed by atoms with Crippen LogP contribution in [-0.2, 0) is 41.9 Å². The van der Waals surface area contributed by atoms with Crippen LogP contribution in [0.3, 0.4) is 0 Å². The number of rotatable bonds is 22. The van der Waals surface area contributed by atoms with Crippen molar-refractivity contribution in [1.82, 2.24) is 21.3 Å². The maximum atomic E-state index is 14.0. The second-order valence-electron chi connectivity index (χ2n) is 14.2. The molecular weight excluding hydrogens is 837 g/mol. The summed E-state index contributed by atoms with van der Waals surface area (Å²) in [4.78, 5) is 102. The first-order valence-electron chi connectivity index (χ1n) is 20.0. The number of aliphatic carboxylic acids is 2. The van der Waals surface area contributed by atoms with Crippen LogP contribution in [-0.4, -0.2) is 106 Å². The Morgan fingerprint density at radius 2 is 0.875 bits per heavy atom. The highest BCUT2D eigenvalue weighted by molar-refractivity contribution is 6.33. The average Bonchev–Trinajstić information content (AvgIpc) is 3.28. The van der Waals surface area contributed by atoms with Gasteiger partial charge in [-0.3, -0.25) is 28.8 Å². The molecule has 0 aliphatic heterocycles. The molecule has 336 valence electrons. The summed E-state index contributed by atoms with van der Waals surface area (Å²) in [5.41, 5.74) is 0.336. The third-order valence-electron chi connectivity index (χ3n) is 9.69. The van der Waals surface area contributed by atoms with Crippen molar-refractivity contribution in [3.05, 3.63) is 118 Å². The van der Waals surface area contributed by atoms with E-state index in [-0.39, 0.29) is 74.7 Å². The van der Waals surface area contributed by atoms with E-state index in [0.29, 0.717) is 11.1 Å². The van der Waals surface area contributed by atoms with Gasteiger partial charge in [-0.1, -0.05) is 60.7 Å². The van der Waals surface area contributed by atoms with Crippen molar-refractivity contribution in [3.8, 4) is 11.5 Å². The van der Waals surface area contributed by atoms with E-state index < -0.39 is 95.1 Å². The number of hydrogen-bond acceptors (Lipinski definition) is 14. The number of benzene rings is 4. The van der Waals surface area contributed by atoms with Gasteiger partial charge in [0, 0.05) is 50.4 Å². The molecule has 1 aliphatic carbocycles. The van der Waals surface area contributed by atoms with Crippen molar-refractivity contribution >= 4 is 58.9 Å². The van der Waals surface area contributed by atoms with Gasteiger partial charge in [0.1, 0.15) is 36.8 Å². The predicted molar refractivity (Wildman–Crippen MR) is 227 cm³/mol. The molecule has 0 heterocycles. The van der Waals surface area contributed by atoms with Crippen LogP contribution >= 0.6 is 0 Å². The van der Waals surface area contributed by atoms with Crippen molar-refractivity contribution in [2.45, 2.75) is 51.0 Å². The van der Waals surface area contributed by atoms with Gasteiger partial charge in [-0.2, -0.15) is 0 Å². The number of alkyl carbamates (subject to hydrolysis) is 2. The fraction of sp³-hybridized carbons (Fsp3) is 0.273. The third-order valence-corrected chi connectivity index (χ3v) is 9.69. The summed E-state index contributed by atoms with van der Waals surface area (Å²) in [6.07, 6.45) is -3.27. The largest absolute Gasteiger partial charge is 0.507 e. The summed E-state index contributed by atoms with van der Waals surface area (Å²) >= 11 is 0. The Balaban J connectivity index is 1.24. The van der Waals surface area contributed by atoms with Gasteiger partial charge in [0.2, 0.25) is 23.4 Å². The number of carbonyl (C=O) groups is 8. The molecule has 0 saturated carbocycles. The summed E-state index contributed by atoms with van der Waals surface area (Å²) in [6, 6.07) is 20.0. The number of carboxylic acids is 2. The average molecular weight is 883 g/mol. The van der Waals surface area contributed by atoms with Crippen molar-refractivity contribution in [2.24, 2.45) is 0 Å². The Morgan fingerprint density at radius 3 is 1.23 bits per heavy atom. The Kier molecular flexibility index (Phi) is 16.6. The van der Waals surface area contributed by atoms with E-state index >= 15 is 0 Å². The van der Waals surface area contributed by atoms with Crippen molar-refractivity contribution < 1.29 is 68.3 Å². The van der Waals surface area contributed by atoms with Gasteiger partial charge in [0.05, 0.1) is 22.3 Å². The molecule has 0 aromatic heterocycles. The van der Waals surface area contributed by atoms with Crippen molar-refractivity contribution in [2.75, 3.05) is 36.8 Å². The molecule has 0 saturated heterocycles. The van der Waals surface area contributed by atoms with Gasteiger partial charge in [-0.25, -0.2) is 9.59 Å². The summed E-state index contributed by atoms with van der Waals surface area (Å²) < 4.78 is 10.4.